The van der Waals surface area contributed by atoms with Gasteiger partial charge in [0.05, 0.1) is 17.5 Å². The van der Waals surface area contributed by atoms with Crippen molar-refractivity contribution in [3.8, 4) is 11.3 Å². The molecule has 1 saturated carbocycles. The molecule has 0 bridgehead atoms. The second-order valence-electron chi connectivity index (χ2n) is 8.91. The van der Waals surface area contributed by atoms with Crippen LogP contribution in [0.3, 0.4) is 0 Å². The van der Waals surface area contributed by atoms with Crippen LogP contribution in [0.1, 0.15) is 15.9 Å². The van der Waals surface area contributed by atoms with Crippen molar-refractivity contribution in [2.45, 2.75) is 12.2 Å². The van der Waals surface area contributed by atoms with Crippen LogP contribution in [-0.2, 0) is 13.2 Å². The van der Waals surface area contributed by atoms with Crippen LogP contribution >= 0.6 is 0 Å². The molecule has 0 unspecified atom stereocenters. The number of pyridine rings is 1. The van der Waals surface area contributed by atoms with Gasteiger partial charge in [-0.15, -0.1) is 0 Å². The number of anilines is 1. The number of halogens is 4. The van der Waals surface area contributed by atoms with E-state index in [9.17, 15) is 27.2 Å². The van der Waals surface area contributed by atoms with Gasteiger partial charge in [0, 0.05) is 68.5 Å². The van der Waals surface area contributed by atoms with Crippen LogP contribution in [-0.4, -0.2) is 51.5 Å². The van der Waals surface area contributed by atoms with Crippen molar-refractivity contribution in [2.24, 2.45) is 18.9 Å². The van der Waals surface area contributed by atoms with E-state index < -0.39 is 17.6 Å². The van der Waals surface area contributed by atoms with Gasteiger partial charge in [-0.3, -0.25) is 19.1 Å². The van der Waals surface area contributed by atoms with Crippen molar-refractivity contribution in [2.75, 3.05) is 25.0 Å². The highest BCUT2D eigenvalue weighted by Gasteiger charge is 2.59. The van der Waals surface area contributed by atoms with Crippen LogP contribution in [0, 0.1) is 17.7 Å². The number of piperidine rings is 1. The molecule has 0 N–H and O–H groups in total. The number of carbonyl (C=O) groups excluding carboxylic acids is 1. The number of hydrogen-bond donors (Lipinski definition) is 0. The molecule has 0 radical (unpaired) electrons. The number of aromatic nitrogens is 3. The Hall–Kier alpha value is -3.76. The molecule has 3 atom stereocenters. The minimum absolute atomic E-state index is 0.0299. The van der Waals surface area contributed by atoms with E-state index in [4.69, 9.17) is 0 Å². The largest absolute Gasteiger partial charge is 0.416 e. The van der Waals surface area contributed by atoms with E-state index in [-0.39, 0.29) is 46.2 Å². The fourth-order valence-electron chi connectivity index (χ4n) is 4.92. The lowest BCUT2D eigenvalue weighted by Crippen LogP contribution is -2.38. The van der Waals surface area contributed by atoms with Gasteiger partial charge in [-0.05, 0) is 30.3 Å². The lowest BCUT2D eigenvalue weighted by molar-refractivity contribution is -0.137. The van der Waals surface area contributed by atoms with Crippen molar-refractivity contribution in [1.82, 2.24) is 19.4 Å². The quantitative estimate of drug-likeness (QED) is 0.529. The molecule has 2 aromatic heterocycles. The van der Waals surface area contributed by atoms with Gasteiger partial charge in [-0.25, -0.2) is 9.37 Å². The average molecular weight is 487 g/mol. The summed E-state index contributed by atoms with van der Waals surface area (Å²) < 4.78 is 54.0. The van der Waals surface area contributed by atoms with Crippen LogP contribution in [0.5, 0.6) is 0 Å². The number of alkyl halides is 3. The minimum Gasteiger partial charge on any atom is -0.342 e. The van der Waals surface area contributed by atoms with Crippen LogP contribution in [0.4, 0.5) is 23.5 Å². The number of benzene rings is 1. The number of rotatable bonds is 4. The molecule has 2 fully saturated rings. The normalized spacial score (nSPS) is 21.1. The molecular formula is C24H21F4N5O2. The Morgan fingerprint density at radius 3 is 2.37 bits per heavy atom. The third-order valence-corrected chi connectivity index (χ3v) is 6.82. The summed E-state index contributed by atoms with van der Waals surface area (Å²) in [5.41, 5.74) is -0.540. The predicted octanol–water partition coefficient (Wildman–Crippen LogP) is 3.21. The first-order chi connectivity index (χ1) is 16.6. The van der Waals surface area contributed by atoms with Crippen molar-refractivity contribution < 1.29 is 22.4 Å². The molecule has 1 aliphatic heterocycles. The summed E-state index contributed by atoms with van der Waals surface area (Å²) in [7, 11) is 3.39. The van der Waals surface area contributed by atoms with Crippen molar-refractivity contribution in [3.63, 3.8) is 0 Å². The monoisotopic (exact) mass is 487 g/mol. The fourth-order valence-corrected chi connectivity index (χ4v) is 4.92. The van der Waals surface area contributed by atoms with Gasteiger partial charge < -0.3 is 9.80 Å². The van der Waals surface area contributed by atoms with Crippen molar-refractivity contribution in [1.29, 1.82) is 0 Å². The highest BCUT2D eigenvalue weighted by atomic mass is 19.4. The van der Waals surface area contributed by atoms with Gasteiger partial charge in [0.15, 0.2) is 5.82 Å². The number of nitrogens with zero attached hydrogens (tertiary/aromatic N) is 5. The summed E-state index contributed by atoms with van der Waals surface area (Å²) in [6.45, 7) is 0.901. The fraction of sp³-hybridized carbons (Fsp3) is 0.333. The molecule has 1 aliphatic carbocycles. The molecule has 182 valence electrons. The molecule has 3 aromatic rings. The van der Waals surface area contributed by atoms with Crippen LogP contribution in [0.15, 0.2) is 53.6 Å². The molecule has 1 aromatic carbocycles. The summed E-state index contributed by atoms with van der Waals surface area (Å²) in [5, 5.41) is 0. The molecular weight excluding hydrogens is 466 g/mol. The third-order valence-electron chi connectivity index (χ3n) is 6.82. The second kappa shape index (κ2) is 8.17. The van der Waals surface area contributed by atoms with Gasteiger partial charge in [0.1, 0.15) is 0 Å². The maximum atomic E-state index is 14.2. The number of hydrogen-bond acceptors (Lipinski definition) is 5. The molecule has 1 amide bonds. The first-order valence-corrected chi connectivity index (χ1v) is 10.9. The summed E-state index contributed by atoms with van der Waals surface area (Å²) in [5.74, 6) is -0.243. The number of likely N-dealkylation sites (tertiary alicyclic amines) is 1. The Labute approximate surface area is 197 Å². The minimum atomic E-state index is -4.46. The molecule has 7 nitrogen and oxygen atoms in total. The Kier molecular flexibility index (Phi) is 5.37. The average Bonchev–Trinajstić information content (AvgIpc) is 3.32. The zero-order valence-corrected chi connectivity index (χ0v) is 18.8. The van der Waals surface area contributed by atoms with E-state index >= 15 is 0 Å². The molecule has 0 spiro atoms. The lowest BCUT2D eigenvalue weighted by Gasteiger charge is -2.26. The van der Waals surface area contributed by atoms with E-state index in [2.05, 4.69) is 9.97 Å². The van der Waals surface area contributed by atoms with Crippen LogP contribution in [0.2, 0.25) is 0 Å². The summed E-state index contributed by atoms with van der Waals surface area (Å²) in [6, 6.07) is 6.97. The van der Waals surface area contributed by atoms with E-state index in [1.165, 1.54) is 35.0 Å². The predicted molar refractivity (Wildman–Crippen MR) is 119 cm³/mol. The zero-order chi connectivity index (χ0) is 25.1. The van der Waals surface area contributed by atoms with Crippen molar-refractivity contribution in [3.05, 3.63) is 76.1 Å². The topological polar surface area (TPSA) is 71.3 Å². The van der Waals surface area contributed by atoms with Gasteiger partial charge >= 0.3 is 6.18 Å². The third kappa shape index (κ3) is 4.04. The van der Waals surface area contributed by atoms with Crippen LogP contribution in [0.25, 0.3) is 11.3 Å². The van der Waals surface area contributed by atoms with Gasteiger partial charge in [-0.2, -0.15) is 13.2 Å². The molecule has 5 rings (SSSR count). The lowest BCUT2D eigenvalue weighted by atomic mass is 10.1. The highest BCUT2D eigenvalue weighted by molar-refractivity contribution is 5.94. The molecule has 3 heterocycles. The SMILES string of the molecule is CN(c1nc(-c2ccncc2F)cc(=O)n1C)[C@H]1[C@@H]2CN(C(=O)c3ccc(C(F)(F)F)cc3)C[C@@H]21. The van der Waals surface area contributed by atoms with E-state index in [0.717, 1.165) is 18.3 Å². The molecule has 35 heavy (non-hydrogen) atoms. The number of fused-ring (bicyclic) bond motifs is 1. The Bertz CT molecular complexity index is 1340. The zero-order valence-electron chi connectivity index (χ0n) is 18.8. The number of amides is 1. The second-order valence-corrected chi connectivity index (χ2v) is 8.91. The summed E-state index contributed by atoms with van der Waals surface area (Å²) >= 11 is 0. The first-order valence-electron chi connectivity index (χ1n) is 10.9. The highest BCUT2D eigenvalue weighted by Crippen LogP contribution is 2.49. The molecule has 1 saturated heterocycles. The standard InChI is InChI=1S/C24H21F4N5O2/c1-31-20(34)9-19(15-7-8-29-10-18(15)25)30-23(31)32(2)21-16-11-33(12-17(16)21)22(35)13-3-5-14(6-4-13)24(26,27)28/h3-10,16-17,21H,11-12H2,1-2H3/t16-,17+,21+. The van der Waals surface area contributed by atoms with Gasteiger partial charge in [-0.1, -0.05) is 0 Å². The first kappa shape index (κ1) is 23.0. The Balaban J connectivity index is 1.30. The number of carbonyl (C=O) groups is 1. The maximum absolute atomic E-state index is 14.2. The van der Waals surface area contributed by atoms with Gasteiger partial charge in [0.2, 0.25) is 5.95 Å². The van der Waals surface area contributed by atoms with E-state index in [1.54, 1.807) is 19.0 Å². The van der Waals surface area contributed by atoms with Gasteiger partial charge in [0.25, 0.3) is 11.5 Å². The van der Waals surface area contributed by atoms with Crippen LogP contribution < -0.4 is 10.5 Å². The maximum Gasteiger partial charge on any atom is 0.416 e. The Morgan fingerprint density at radius 1 is 1.11 bits per heavy atom. The van der Waals surface area contributed by atoms with E-state index in [0.29, 0.717) is 19.0 Å². The van der Waals surface area contributed by atoms with E-state index in [1.807, 2.05) is 4.90 Å². The molecule has 11 heteroatoms. The Morgan fingerprint density at radius 2 is 1.77 bits per heavy atom. The summed E-state index contributed by atoms with van der Waals surface area (Å²) in [4.78, 5) is 37.1. The van der Waals surface area contributed by atoms with Crippen molar-refractivity contribution >= 4 is 11.9 Å². The smallest absolute Gasteiger partial charge is 0.342 e. The molecule has 2 aliphatic rings. The summed E-state index contributed by atoms with van der Waals surface area (Å²) in [6.07, 6.45) is -1.97.